The number of nitrogens with one attached hydrogen (secondary N) is 1. The van der Waals surface area contributed by atoms with Crippen molar-refractivity contribution in [3.8, 4) is 0 Å². The molecular weight excluding hydrogens is 464 g/mol. The van der Waals surface area contributed by atoms with E-state index in [1.807, 2.05) is 24.3 Å². The summed E-state index contributed by atoms with van der Waals surface area (Å²) in [5.74, 6) is -0.0415. The lowest BCUT2D eigenvalue weighted by Gasteiger charge is -2.36. The van der Waals surface area contributed by atoms with Crippen molar-refractivity contribution in [2.24, 2.45) is 0 Å². The zero-order valence-electron chi connectivity index (χ0n) is 16.7. The zero-order valence-corrected chi connectivity index (χ0v) is 19.0. The van der Waals surface area contributed by atoms with Crippen LogP contribution in [0.5, 0.6) is 0 Å². The van der Waals surface area contributed by atoms with Gasteiger partial charge in [0.05, 0.1) is 13.2 Å². The van der Waals surface area contributed by atoms with E-state index in [1.165, 1.54) is 5.57 Å². The number of anilines is 1. The second kappa shape index (κ2) is 9.82. The van der Waals surface area contributed by atoms with Crippen LogP contribution in [0.25, 0.3) is 6.08 Å². The van der Waals surface area contributed by atoms with E-state index in [4.69, 9.17) is 16.3 Å². The lowest BCUT2D eigenvalue weighted by Crippen LogP contribution is -2.38. The SMILES string of the molecule is O=C(Nc1ccc(Cl)cc1)C1=C(N2CCOCC2)/C(=C/c2ccc(Br)cc2)CCC1. The molecule has 0 saturated carbocycles. The molecule has 1 amide bonds. The molecule has 0 spiro atoms. The summed E-state index contributed by atoms with van der Waals surface area (Å²) in [6.07, 6.45) is 4.90. The Labute approximate surface area is 190 Å². The lowest BCUT2D eigenvalue weighted by molar-refractivity contribution is -0.113. The second-order valence-corrected chi connectivity index (χ2v) is 8.81. The molecule has 2 aliphatic rings. The first-order valence-electron chi connectivity index (χ1n) is 10.2. The maximum absolute atomic E-state index is 13.3. The summed E-state index contributed by atoms with van der Waals surface area (Å²) < 4.78 is 6.61. The van der Waals surface area contributed by atoms with Crippen molar-refractivity contribution in [1.29, 1.82) is 0 Å². The number of carbonyl (C=O) groups excluding carboxylic acids is 1. The maximum Gasteiger partial charge on any atom is 0.253 e. The first kappa shape index (κ1) is 21.2. The minimum atomic E-state index is -0.0415. The van der Waals surface area contributed by atoms with Crippen molar-refractivity contribution in [3.63, 3.8) is 0 Å². The van der Waals surface area contributed by atoms with Gasteiger partial charge in [0.2, 0.25) is 0 Å². The predicted molar refractivity (Wildman–Crippen MR) is 125 cm³/mol. The quantitative estimate of drug-likeness (QED) is 0.584. The maximum atomic E-state index is 13.3. The van der Waals surface area contributed by atoms with Gasteiger partial charge >= 0.3 is 0 Å². The van der Waals surface area contributed by atoms with E-state index in [1.54, 1.807) is 12.1 Å². The summed E-state index contributed by atoms with van der Waals surface area (Å²) in [7, 11) is 0. The highest BCUT2D eigenvalue weighted by molar-refractivity contribution is 9.10. The largest absolute Gasteiger partial charge is 0.378 e. The number of allylic oxidation sites excluding steroid dienone is 1. The fourth-order valence-electron chi connectivity index (χ4n) is 3.93. The van der Waals surface area contributed by atoms with Crippen LogP contribution in [0.1, 0.15) is 24.8 Å². The number of rotatable bonds is 4. The molecule has 6 heteroatoms. The molecule has 4 nitrogen and oxygen atoms in total. The monoisotopic (exact) mass is 486 g/mol. The summed E-state index contributed by atoms with van der Waals surface area (Å²) >= 11 is 9.47. The number of amides is 1. The highest BCUT2D eigenvalue weighted by atomic mass is 79.9. The first-order valence-corrected chi connectivity index (χ1v) is 11.4. The molecule has 0 atom stereocenters. The van der Waals surface area contributed by atoms with Crippen molar-refractivity contribution >= 4 is 45.2 Å². The van der Waals surface area contributed by atoms with Crippen molar-refractivity contribution in [3.05, 3.63) is 80.4 Å². The lowest BCUT2D eigenvalue weighted by atomic mass is 9.88. The summed E-state index contributed by atoms with van der Waals surface area (Å²) in [4.78, 5) is 15.6. The molecule has 1 fully saturated rings. The predicted octanol–water partition coefficient (Wildman–Crippen LogP) is 5.89. The summed E-state index contributed by atoms with van der Waals surface area (Å²) in [6, 6.07) is 15.5. The topological polar surface area (TPSA) is 41.6 Å². The highest BCUT2D eigenvalue weighted by Crippen LogP contribution is 2.35. The van der Waals surface area contributed by atoms with Gasteiger partial charge in [0.15, 0.2) is 0 Å². The third-order valence-electron chi connectivity index (χ3n) is 5.38. The van der Waals surface area contributed by atoms with Crippen LogP contribution in [-0.2, 0) is 9.53 Å². The Morgan fingerprint density at radius 3 is 2.43 bits per heavy atom. The molecule has 1 heterocycles. The van der Waals surface area contributed by atoms with Gasteiger partial charge in [0.25, 0.3) is 5.91 Å². The van der Waals surface area contributed by atoms with E-state index in [0.717, 1.165) is 59.3 Å². The van der Waals surface area contributed by atoms with Gasteiger partial charge in [-0.3, -0.25) is 4.79 Å². The van der Waals surface area contributed by atoms with Gasteiger partial charge in [0.1, 0.15) is 0 Å². The number of hydrogen-bond acceptors (Lipinski definition) is 3. The number of carbonyl (C=O) groups is 1. The Kier molecular flexibility index (Phi) is 6.93. The van der Waals surface area contributed by atoms with E-state index in [-0.39, 0.29) is 5.91 Å². The fraction of sp³-hybridized carbons (Fsp3) is 0.292. The minimum Gasteiger partial charge on any atom is -0.378 e. The molecular formula is C24H24BrClN2O2. The Bertz CT molecular complexity index is 962. The number of morpholine rings is 1. The van der Waals surface area contributed by atoms with Crippen molar-refractivity contribution in [2.75, 3.05) is 31.6 Å². The Morgan fingerprint density at radius 2 is 1.73 bits per heavy atom. The van der Waals surface area contributed by atoms with Crippen LogP contribution in [0.3, 0.4) is 0 Å². The average molecular weight is 488 g/mol. The molecule has 0 radical (unpaired) electrons. The molecule has 156 valence electrons. The Morgan fingerprint density at radius 1 is 1.03 bits per heavy atom. The molecule has 4 rings (SSSR count). The van der Waals surface area contributed by atoms with E-state index in [9.17, 15) is 4.79 Å². The van der Waals surface area contributed by atoms with Gasteiger partial charge in [-0.2, -0.15) is 0 Å². The van der Waals surface area contributed by atoms with Gasteiger partial charge < -0.3 is 15.0 Å². The van der Waals surface area contributed by atoms with Crippen molar-refractivity contribution < 1.29 is 9.53 Å². The number of hydrogen-bond donors (Lipinski definition) is 1. The van der Waals surface area contributed by atoms with Crippen LogP contribution in [0, 0.1) is 0 Å². The third kappa shape index (κ3) is 5.15. The number of benzene rings is 2. The fourth-order valence-corrected chi connectivity index (χ4v) is 4.32. The van der Waals surface area contributed by atoms with E-state index in [0.29, 0.717) is 18.2 Å². The van der Waals surface area contributed by atoms with Gasteiger partial charge in [-0.15, -0.1) is 0 Å². The smallest absolute Gasteiger partial charge is 0.253 e. The molecule has 2 aromatic carbocycles. The van der Waals surface area contributed by atoms with E-state index < -0.39 is 0 Å². The summed E-state index contributed by atoms with van der Waals surface area (Å²) in [5.41, 5.74) is 5.02. The second-order valence-electron chi connectivity index (χ2n) is 7.46. The molecule has 1 saturated heterocycles. The molecule has 30 heavy (non-hydrogen) atoms. The molecule has 0 bridgehead atoms. The van der Waals surface area contributed by atoms with Gasteiger partial charge in [-0.25, -0.2) is 0 Å². The van der Waals surface area contributed by atoms with Gasteiger partial charge in [0, 0.05) is 39.5 Å². The molecule has 0 aromatic heterocycles. The van der Waals surface area contributed by atoms with Crippen LogP contribution in [-0.4, -0.2) is 37.1 Å². The Balaban J connectivity index is 1.70. The van der Waals surface area contributed by atoms with E-state index in [2.05, 4.69) is 44.4 Å². The van der Waals surface area contributed by atoms with Gasteiger partial charge in [-0.05, 0) is 72.9 Å². The minimum absolute atomic E-state index is 0.0415. The summed E-state index contributed by atoms with van der Waals surface area (Å²) in [5, 5.41) is 3.70. The molecule has 0 unspecified atom stereocenters. The standard InChI is InChI=1S/C24H24BrClN2O2/c25-19-6-4-17(5-7-19)16-18-2-1-3-22(23(18)28-12-14-30-15-13-28)24(29)27-21-10-8-20(26)9-11-21/h4-11,16H,1-3,12-15H2,(H,27,29)/b18-16+. The zero-order chi connectivity index (χ0) is 20.9. The first-order chi connectivity index (χ1) is 14.6. The van der Waals surface area contributed by atoms with Crippen LogP contribution >= 0.6 is 27.5 Å². The van der Waals surface area contributed by atoms with Crippen LogP contribution in [0.4, 0.5) is 5.69 Å². The highest BCUT2D eigenvalue weighted by Gasteiger charge is 2.28. The van der Waals surface area contributed by atoms with Crippen molar-refractivity contribution in [1.82, 2.24) is 4.90 Å². The average Bonchev–Trinajstić information content (AvgIpc) is 2.77. The summed E-state index contributed by atoms with van der Waals surface area (Å²) in [6.45, 7) is 2.96. The molecule has 1 N–H and O–H groups in total. The molecule has 1 aliphatic heterocycles. The Hall–Kier alpha value is -2.08. The van der Waals surface area contributed by atoms with Gasteiger partial charge in [-0.1, -0.05) is 39.7 Å². The number of ether oxygens (including phenoxy) is 1. The van der Waals surface area contributed by atoms with Crippen LogP contribution in [0.2, 0.25) is 5.02 Å². The normalized spacial score (nSPS) is 18.6. The van der Waals surface area contributed by atoms with Crippen LogP contribution < -0.4 is 5.32 Å². The number of halogens is 2. The van der Waals surface area contributed by atoms with E-state index >= 15 is 0 Å². The third-order valence-corrected chi connectivity index (χ3v) is 6.16. The van der Waals surface area contributed by atoms with Crippen LogP contribution in [0.15, 0.2) is 69.8 Å². The number of nitrogens with zero attached hydrogens (tertiary/aromatic N) is 1. The molecule has 2 aromatic rings. The van der Waals surface area contributed by atoms with Crippen molar-refractivity contribution in [2.45, 2.75) is 19.3 Å². The molecule has 1 aliphatic carbocycles.